The lowest BCUT2D eigenvalue weighted by Gasteiger charge is -2.26. The van der Waals surface area contributed by atoms with Crippen LogP contribution in [0, 0.1) is 0 Å². The molecule has 0 nitrogen and oxygen atoms in total. The fourth-order valence-corrected chi connectivity index (χ4v) is 6.16. The third-order valence-corrected chi connectivity index (χ3v) is 8.24. The summed E-state index contributed by atoms with van der Waals surface area (Å²) in [5.41, 5.74) is 14.8. The van der Waals surface area contributed by atoms with Crippen molar-refractivity contribution in [3.8, 4) is 11.1 Å². The maximum Gasteiger partial charge on any atom is 0.0308 e. The minimum Gasteiger partial charge on any atom is -0.0616 e. The Morgan fingerprint density at radius 3 is 2.14 bits per heavy atom. The van der Waals surface area contributed by atoms with Crippen LogP contribution in [-0.4, -0.2) is 0 Å². The molecule has 0 bridgehead atoms. The van der Waals surface area contributed by atoms with Crippen LogP contribution >= 0.6 is 0 Å². The van der Waals surface area contributed by atoms with Crippen LogP contribution in [0.1, 0.15) is 93.3 Å². The molecule has 0 aromatic heterocycles. The van der Waals surface area contributed by atoms with Gasteiger partial charge in [0.2, 0.25) is 0 Å². The number of benzene rings is 4. The van der Waals surface area contributed by atoms with Crippen molar-refractivity contribution >= 4 is 16.8 Å². The zero-order chi connectivity index (χ0) is 24.7. The van der Waals surface area contributed by atoms with Crippen LogP contribution in [0.25, 0.3) is 28.0 Å². The molecule has 0 heteroatoms. The maximum absolute atomic E-state index is 2.53. The van der Waals surface area contributed by atoms with Crippen LogP contribution in [0.15, 0.2) is 72.3 Å². The number of allylic oxidation sites excluding steroid dienone is 1. The monoisotopic (exact) mass is 456 g/mol. The highest BCUT2D eigenvalue weighted by atomic mass is 14.4. The van der Waals surface area contributed by atoms with Crippen LogP contribution in [0.4, 0.5) is 0 Å². The van der Waals surface area contributed by atoms with Gasteiger partial charge >= 0.3 is 0 Å². The van der Waals surface area contributed by atoms with Crippen molar-refractivity contribution in [2.45, 2.75) is 71.6 Å². The molecule has 0 radical (unpaired) electrons. The van der Waals surface area contributed by atoms with Crippen molar-refractivity contribution in [1.82, 2.24) is 0 Å². The number of fused-ring (bicyclic) bond motifs is 6. The highest BCUT2D eigenvalue weighted by Gasteiger charge is 2.33. The first kappa shape index (κ1) is 22.4. The van der Waals surface area contributed by atoms with Crippen molar-refractivity contribution in [1.29, 1.82) is 0 Å². The predicted molar refractivity (Wildman–Crippen MR) is 152 cm³/mol. The van der Waals surface area contributed by atoms with E-state index in [4.69, 9.17) is 0 Å². The molecule has 1 atom stereocenters. The Bertz CT molecular complexity index is 1530. The van der Waals surface area contributed by atoms with Crippen LogP contribution < -0.4 is 0 Å². The first-order chi connectivity index (χ1) is 16.5. The Labute approximate surface area is 210 Å². The van der Waals surface area contributed by atoms with Gasteiger partial charge in [-0.25, -0.2) is 0 Å². The molecule has 0 fully saturated rings. The lowest BCUT2D eigenvalue weighted by molar-refractivity contribution is 0.588. The van der Waals surface area contributed by atoms with Crippen LogP contribution in [0.5, 0.6) is 0 Å². The van der Waals surface area contributed by atoms with E-state index in [-0.39, 0.29) is 10.8 Å². The average Bonchev–Trinajstić information content (AvgIpc) is 3.34. The third-order valence-electron chi connectivity index (χ3n) is 8.24. The molecule has 0 aliphatic heterocycles. The number of hydrogen-bond acceptors (Lipinski definition) is 0. The van der Waals surface area contributed by atoms with E-state index in [1.165, 1.54) is 66.4 Å². The lowest BCUT2D eigenvalue weighted by atomic mass is 9.78. The Morgan fingerprint density at radius 2 is 1.40 bits per heavy atom. The van der Waals surface area contributed by atoms with Crippen molar-refractivity contribution in [3.63, 3.8) is 0 Å². The van der Waals surface area contributed by atoms with Gasteiger partial charge in [0.15, 0.2) is 0 Å². The van der Waals surface area contributed by atoms with Gasteiger partial charge in [0.05, 0.1) is 0 Å². The highest BCUT2D eigenvalue weighted by Crippen LogP contribution is 2.50. The van der Waals surface area contributed by atoms with Gasteiger partial charge in [0.1, 0.15) is 0 Å². The second-order valence-corrected chi connectivity index (χ2v) is 12.8. The molecule has 0 spiro atoms. The molecular weight excluding hydrogens is 420 g/mol. The second-order valence-electron chi connectivity index (χ2n) is 12.8. The number of rotatable bonds is 1. The average molecular weight is 457 g/mol. The molecule has 176 valence electrons. The fraction of sp³-hybridized carbons (Fsp3) is 0.314. The van der Waals surface area contributed by atoms with Crippen LogP contribution in [-0.2, 0) is 17.3 Å². The van der Waals surface area contributed by atoms with Crippen molar-refractivity contribution < 1.29 is 0 Å². The lowest BCUT2D eigenvalue weighted by Crippen LogP contribution is -2.14. The second kappa shape index (κ2) is 7.44. The summed E-state index contributed by atoms with van der Waals surface area (Å²) < 4.78 is 0. The first-order valence-electron chi connectivity index (χ1n) is 13.0. The van der Waals surface area contributed by atoms with Gasteiger partial charge in [0.25, 0.3) is 0 Å². The predicted octanol–water partition coefficient (Wildman–Crippen LogP) is 9.55. The number of hydrogen-bond donors (Lipinski definition) is 0. The minimum atomic E-state index is 0.0939. The van der Waals surface area contributed by atoms with Crippen LogP contribution in [0.3, 0.4) is 0 Å². The summed E-state index contributed by atoms with van der Waals surface area (Å²) in [6.45, 7) is 16.3. The van der Waals surface area contributed by atoms with Gasteiger partial charge in [-0.15, -0.1) is 0 Å². The van der Waals surface area contributed by atoms with E-state index >= 15 is 0 Å². The Morgan fingerprint density at radius 1 is 0.686 bits per heavy atom. The highest BCUT2D eigenvalue weighted by molar-refractivity contribution is 5.95. The van der Waals surface area contributed by atoms with Gasteiger partial charge in [-0.3, -0.25) is 0 Å². The summed E-state index contributed by atoms with van der Waals surface area (Å²) in [5.74, 6) is 0.321. The molecule has 0 heterocycles. The van der Waals surface area contributed by atoms with Gasteiger partial charge in [-0.05, 0) is 85.0 Å². The van der Waals surface area contributed by atoms with E-state index < -0.39 is 0 Å². The van der Waals surface area contributed by atoms with E-state index in [0.29, 0.717) is 5.92 Å². The third kappa shape index (κ3) is 3.49. The van der Waals surface area contributed by atoms with E-state index in [1.54, 1.807) is 0 Å². The fourth-order valence-electron chi connectivity index (χ4n) is 6.16. The zero-order valence-electron chi connectivity index (χ0n) is 22.2. The summed E-state index contributed by atoms with van der Waals surface area (Å²) in [7, 11) is 0. The standard InChI is InChI=1S/C35H36/c1-21-16-29-26-11-9-8-10-22(26)13-15-27(29)33(21)32-20-25(35(5,6)7)19-31-28-18-24(34(2,3)4)14-12-23(28)17-30(31)32/h8-16,18-20,33H,17H2,1-7H3. The van der Waals surface area contributed by atoms with Gasteiger partial charge in [-0.2, -0.15) is 0 Å². The molecule has 2 aliphatic carbocycles. The van der Waals surface area contributed by atoms with Crippen LogP contribution in [0.2, 0.25) is 0 Å². The molecular formula is C35H36. The summed E-state index contributed by atoms with van der Waals surface area (Å²) in [6, 6.07) is 25.7. The smallest absolute Gasteiger partial charge is 0.0308 e. The molecule has 35 heavy (non-hydrogen) atoms. The Hall–Kier alpha value is -3.12. The molecule has 0 N–H and O–H groups in total. The SMILES string of the molecule is CC1=Cc2c(ccc3ccccc23)C1c1cc(C(C)(C)C)cc2c1Cc1ccc(C(C)(C)C)cc1-2. The molecule has 0 amide bonds. The summed E-state index contributed by atoms with van der Waals surface area (Å²) in [4.78, 5) is 0. The first-order valence-corrected chi connectivity index (χ1v) is 13.0. The molecule has 2 aliphatic rings. The minimum absolute atomic E-state index is 0.0939. The summed E-state index contributed by atoms with van der Waals surface area (Å²) in [6.07, 6.45) is 3.47. The van der Waals surface area contributed by atoms with Crippen molar-refractivity contribution in [2.75, 3.05) is 0 Å². The van der Waals surface area contributed by atoms with E-state index in [0.717, 1.165) is 6.42 Å². The van der Waals surface area contributed by atoms with Gasteiger partial charge in [-0.1, -0.05) is 120 Å². The quantitative estimate of drug-likeness (QED) is 0.235. The van der Waals surface area contributed by atoms with E-state index in [1.807, 2.05) is 0 Å². The molecule has 1 unspecified atom stereocenters. The maximum atomic E-state index is 2.53. The topological polar surface area (TPSA) is 0 Å². The van der Waals surface area contributed by atoms with Crippen molar-refractivity contribution in [2.24, 2.45) is 0 Å². The van der Waals surface area contributed by atoms with E-state index in [2.05, 4.69) is 121 Å². The zero-order valence-corrected chi connectivity index (χ0v) is 22.2. The van der Waals surface area contributed by atoms with Gasteiger partial charge < -0.3 is 0 Å². The Kier molecular flexibility index (Phi) is 4.75. The normalized spacial score (nSPS) is 16.8. The molecule has 0 saturated heterocycles. The van der Waals surface area contributed by atoms with E-state index in [9.17, 15) is 0 Å². The molecule has 6 rings (SSSR count). The van der Waals surface area contributed by atoms with Crippen molar-refractivity contribution in [3.05, 3.63) is 111 Å². The molecule has 0 saturated carbocycles. The molecule has 4 aromatic carbocycles. The van der Waals surface area contributed by atoms with Gasteiger partial charge in [0, 0.05) is 5.92 Å². The molecule has 4 aromatic rings. The Balaban J connectivity index is 1.60. The summed E-state index contributed by atoms with van der Waals surface area (Å²) >= 11 is 0. The summed E-state index contributed by atoms with van der Waals surface area (Å²) in [5, 5.41) is 2.69. The largest absolute Gasteiger partial charge is 0.0616 e.